The molecule has 4 nitrogen and oxygen atoms in total. The molecule has 2 N–H and O–H groups in total. The van der Waals surface area contributed by atoms with Crippen LogP contribution in [0.3, 0.4) is 0 Å². The number of ether oxygens (including phenoxy) is 2. The van der Waals surface area contributed by atoms with Gasteiger partial charge >= 0.3 is 0 Å². The maximum absolute atomic E-state index is 9.17. The Morgan fingerprint density at radius 2 is 1.52 bits per heavy atom. The van der Waals surface area contributed by atoms with Gasteiger partial charge in [-0.15, -0.1) is 0 Å². The number of fused-ring (bicyclic) bond motifs is 2. The molecule has 2 aromatic carbocycles. The van der Waals surface area contributed by atoms with E-state index in [4.69, 9.17) is 19.7 Å². The van der Waals surface area contributed by atoms with Gasteiger partial charge in [0.1, 0.15) is 24.7 Å². The Labute approximate surface area is 136 Å². The first-order chi connectivity index (χ1) is 11.3. The van der Waals surface area contributed by atoms with Gasteiger partial charge in [-0.3, -0.25) is 0 Å². The molecule has 124 valence electrons. The van der Waals surface area contributed by atoms with Crippen LogP contribution in [0.15, 0.2) is 18.2 Å². The summed E-state index contributed by atoms with van der Waals surface area (Å²) in [4.78, 5) is 0. The van der Waals surface area contributed by atoms with Crippen molar-refractivity contribution in [2.24, 2.45) is 0 Å². The quantitative estimate of drug-likeness (QED) is 0.860. The van der Waals surface area contributed by atoms with Crippen molar-refractivity contribution in [2.45, 2.75) is 32.6 Å². The summed E-state index contributed by atoms with van der Waals surface area (Å²) in [6.07, 6.45) is 4.21. The van der Waals surface area contributed by atoms with Gasteiger partial charge in [-0.05, 0) is 38.2 Å². The molecule has 0 heterocycles. The standard InChI is InChI=1S/C19H24O4/c1-13-5-4-8-16-17(13)19(23-12-10-21)15-7-3-2-6-14(15)18(16)22-11-9-20/h4-5,8,20-21H,2-3,6-7,9-12H2,1H3. The number of aryl methyl sites for hydroxylation is 1. The molecule has 0 bridgehead atoms. The van der Waals surface area contributed by atoms with Crippen LogP contribution in [0.1, 0.15) is 29.5 Å². The summed E-state index contributed by atoms with van der Waals surface area (Å²) in [5, 5.41) is 20.4. The fraction of sp³-hybridized carbons (Fsp3) is 0.474. The van der Waals surface area contributed by atoms with Crippen molar-refractivity contribution < 1.29 is 19.7 Å². The highest BCUT2D eigenvalue weighted by atomic mass is 16.5. The minimum Gasteiger partial charge on any atom is -0.490 e. The number of rotatable bonds is 6. The van der Waals surface area contributed by atoms with Gasteiger partial charge in [-0.25, -0.2) is 0 Å². The summed E-state index contributed by atoms with van der Waals surface area (Å²) < 4.78 is 11.9. The molecule has 1 aliphatic carbocycles. The van der Waals surface area contributed by atoms with Crippen LogP contribution in [0.25, 0.3) is 10.8 Å². The molecule has 0 spiro atoms. The molecule has 23 heavy (non-hydrogen) atoms. The van der Waals surface area contributed by atoms with Crippen LogP contribution in [0, 0.1) is 6.92 Å². The van der Waals surface area contributed by atoms with Gasteiger partial charge in [0.15, 0.2) is 0 Å². The molecule has 2 aromatic rings. The van der Waals surface area contributed by atoms with E-state index in [2.05, 4.69) is 19.1 Å². The molecule has 0 atom stereocenters. The molecule has 0 aromatic heterocycles. The average Bonchev–Trinajstić information content (AvgIpc) is 2.58. The third-order valence-electron chi connectivity index (χ3n) is 4.44. The molecular formula is C19H24O4. The van der Waals surface area contributed by atoms with E-state index in [1.807, 2.05) is 6.07 Å². The van der Waals surface area contributed by atoms with Crippen LogP contribution in [0.2, 0.25) is 0 Å². The van der Waals surface area contributed by atoms with Gasteiger partial charge in [0, 0.05) is 21.9 Å². The van der Waals surface area contributed by atoms with Crippen LogP contribution < -0.4 is 9.47 Å². The largest absolute Gasteiger partial charge is 0.490 e. The predicted octanol–water partition coefficient (Wildman–Crippen LogP) is 2.77. The third kappa shape index (κ3) is 3.01. The Kier molecular flexibility index (Phi) is 5.03. The lowest BCUT2D eigenvalue weighted by atomic mass is 9.86. The molecule has 0 radical (unpaired) electrons. The zero-order valence-corrected chi connectivity index (χ0v) is 13.6. The summed E-state index contributed by atoms with van der Waals surface area (Å²) in [5.41, 5.74) is 3.55. The van der Waals surface area contributed by atoms with E-state index in [1.54, 1.807) is 0 Å². The Morgan fingerprint density at radius 1 is 0.913 bits per heavy atom. The maximum atomic E-state index is 9.17. The minimum absolute atomic E-state index is 0.00481. The Bertz CT molecular complexity index is 694. The molecule has 3 rings (SSSR count). The third-order valence-corrected chi connectivity index (χ3v) is 4.44. The molecule has 0 saturated carbocycles. The lowest BCUT2D eigenvalue weighted by Gasteiger charge is -2.26. The Hall–Kier alpha value is -1.78. The zero-order valence-electron chi connectivity index (χ0n) is 13.6. The van der Waals surface area contributed by atoms with Gasteiger partial charge in [-0.2, -0.15) is 0 Å². The summed E-state index contributed by atoms with van der Waals surface area (Å²) in [5.74, 6) is 1.79. The van der Waals surface area contributed by atoms with Crippen LogP contribution in [0.5, 0.6) is 11.5 Å². The molecular weight excluding hydrogens is 292 g/mol. The van der Waals surface area contributed by atoms with Gasteiger partial charge in [0.2, 0.25) is 0 Å². The van der Waals surface area contributed by atoms with E-state index in [0.29, 0.717) is 13.2 Å². The van der Waals surface area contributed by atoms with Gasteiger partial charge < -0.3 is 19.7 Å². The van der Waals surface area contributed by atoms with E-state index in [-0.39, 0.29) is 13.2 Å². The molecule has 0 saturated heterocycles. The summed E-state index contributed by atoms with van der Waals surface area (Å²) in [6.45, 7) is 2.67. The van der Waals surface area contributed by atoms with Gasteiger partial charge in [0.05, 0.1) is 13.2 Å². The van der Waals surface area contributed by atoms with E-state index in [1.165, 1.54) is 11.1 Å². The van der Waals surface area contributed by atoms with Crippen molar-refractivity contribution in [1.29, 1.82) is 0 Å². The summed E-state index contributed by atoms with van der Waals surface area (Å²) in [7, 11) is 0. The van der Waals surface area contributed by atoms with E-state index in [0.717, 1.165) is 53.5 Å². The highest BCUT2D eigenvalue weighted by Crippen LogP contribution is 2.45. The van der Waals surface area contributed by atoms with Crippen molar-refractivity contribution in [1.82, 2.24) is 0 Å². The number of aliphatic hydroxyl groups excluding tert-OH is 2. The van der Waals surface area contributed by atoms with Crippen molar-refractivity contribution >= 4 is 10.8 Å². The maximum Gasteiger partial charge on any atom is 0.131 e. The highest BCUT2D eigenvalue weighted by Gasteiger charge is 2.24. The van der Waals surface area contributed by atoms with Crippen molar-refractivity contribution in [3.05, 3.63) is 34.9 Å². The highest BCUT2D eigenvalue weighted by molar-refractivity contribution is 5.98. The number of hydrogen-bond donors (Lipinski definition) is 2. The molecule has 4 heteroatoms. The van der Waals surface area contributed by atoms with Crippen LogP contribution in [-0.2, 0) is 12.8 Å². The Balaban J connectivity index is 2.27. The molecule has 1 aliphatic rings. The fourth-order valence-electron chi connectivity index (χ4n) is 3.50. The van der Waals surface area contributed by atoms with Crippen molar-refractivity contribution in [3.8, 4) is 11.5 Å². The number of benzene rings is 2. The van der Waals surface area contributed by atoms with E-state index < -0.39 is 0 Å². The van der Waals surface area contributed by atoms with Crippen LogP contribution in [0.4, 0.5) is 0 Å². The van der Waals surface area contributed by atoms with Gasteiger partial charge in [-0.1, -0.05) is 18.2 Å². The average molecular weight is 316 g/mol. The summed E-state index contributed by atoms with van der Waals surface area (Å²) >= 11 is 0. The smallest absolute Gasteiger partial charge is 0.131 e. The zero-order chi connectivity index (χ0) is 16.2. The monoisotopic (exact) mass is 316 g/mol. The second-order valence-corrected chi connectivity index (χ2v) is 5.96. The first kappa shape index (κ1) is 16.1. The van der Waals surface area contributed by atoms with Crippen molar-refractivity contribution in [2.75, 3.05) is 26.4 Å². The number of aliphatic hydroxyl groups is 2. The SMILES string of the molecule is Cc1cccc2c(OCCO)c3c(c(OCCO)c12)CCCC3. The van der Waals surface area contributed by atoms with Gasteiger partial charge in [0.25, 0.3) is 0 Å². The predicted molar refractivity (Wildman–Crippen MR) is 90.5 cm³/mol. The fourth-order valence-corrected chi connectivity index (χ4v) is 3.50. The van der Waals surface area contributed by atoms with Crippen LogP contribution >= 0.6 is 0 Å². The summed E-state index contributed by atoms with van der Waals surface area (Å²) in [6, 6.07) is 6.14. The molecule has 0 unspecified atom stereocenters. The molecule has 0 aliphatic heterocycles. The molecule has 0 fully saturated rings. The normalized spacial score (nSPS) is 13.9. The van der Waals surface area contributed by atoms with E-state index >= 15 is 0 Å². The molecule has 0 amide bonds. The lowest BCUT2D eigenvalue weighted by molar-refractivity contribution is 0.197. The van der Waals surface area contributed by atoms with E-state index in [9.17, 15) is 0 Å². The first-order valence-electron chi connectivity index (χ1n) is 8.32. The Morgan fingerprint density at radius 3 is 2.17 bits per heavy atom. The van der Waals surface area contributed by atoms with Crippen LogP contribution in [-0.4, -0.2) is 36.6 Å². The lowest BCUT2D eigenvalue weighted by Crippen LogP contribution is -2.13. The second kappa shape index (κ2) is 7.20. The number of hydrogen-bond acceptors (Lipinski definition) is 4. The minimum atomic E-state index is 0.00481. The topological polar surface area (TPSA) is 58.9 Å². The first-order valence-corrected chi connectivity index (χ1v) is 8.32. The second-order valence-electron chi connectivity index (χ2n) is 5.96. The van der Waals surface area contributed by atoms with Crippen molar-refractivity contribution in [3.63, 3.8) is 0 Å².